The number of hydrogen-bond donors (Lipinski definition) is 1. The van der Waals surface area contributed by atoms with Crippen molar-refractivity contribution in [3.63, 3.8) is 0 Å². The zero-order chi connectivity index (χ0) is 12.3. The summed E-state index contributed by atoms with van der Waals surface area (Å²) in [4.78, 5) is 24.0. The average molecular weight is 296 g/mol. The van der Waals surface area contributed by atoms with Gasteiger partial charge < -0.3 is 9.72 Å². The predicted octanol–water partition coefficient (Wildman–Crippen LogP) is 1.79. The molecule has 0 amide bonds. The van der Waals surface area contributed by atoms with E-state index in [1.54, 1.807) is 0 Å². The third kappa shape index (κ3) is 2.88. The van der Waals surface area contributed by atoms with Gasteiger partial charge in [0.2, 0.25) is 5.56 Å². The Balaban J connectivity index is 3.24. The minimum absolute atomic E-state index is 0.0291. The number of hydrogen-bond acceptors (Lipinski definition) is 3. The number of pyridine rings is 1. The van der Waals surface area contributed by atoms with Crippen molar-refractivity contribution in [1.82, 2.24) is 4.98 Å². The van der Waals surface area contributed by atoms with Gasteiger partial charge in [0.1, 0.15) is 0 Å². The standard InChI is InChI=1S/C9H8BrF2NO3/c1-16-7(15)2-4-5(10)3-6(14)13-8(4)9(11)12/h3,9H,2H2,1H3,(H,13,14). The average Bonchev–Trinajstić information content (AvgIpc) is 2.20. The van der Waals surface area contributed by atoms with E-state index in [1.807, 2.05) is 4.98 Å². The summed E-state index contributed by atoms with van der Waals surface area (Å²) >= 11 is 2.96. The smallest absolute Gasteiger partial charge is 0.310 e. The van der Waals surface area contributed by atoms with Gasteiger partial charge in [0.15, 0.2) is 0 Å². The fourth-order valence-corrected chi connectivity index (χ4v) is 1.72. The van der Waals surface area contributed by atoms with E-state index in [4.69, 9.17) is 0 Å². The van der Waals surface area contributed by atoms with Crippen LogP contribution in [0.15, 0.2) is 15.3 Å². The highest BCUT2D eigenvalue weighted by molar-refractivity contribution is 9.10. The molecule has 88 valence electrons. The maximum absolute atomic E-state index is 12.6. The van der Waals surface area contributed by atoms with E-state index in [1.165, 1.54) is 0 Å². The third-order valence-electron chi connectivity index (χ3n) is 1.90. The molecule has 0 fully saturated rings. The number of esters is 1. The molecule has 0 aliphatic rings. The van der Waals surface area contributed by atoms with Crippen molar-refractivity contribution in [2.24, 2.45) is 0 Å². The summed E-state index contributed by atoms with van der Waals surface area (Å²) in [6, 6.07) is 1.09. The number of halogens is 3. The molecule has 0 aliphatic heterocycles. The van der Waals surface area contributed by atoms with Crippen LogP contribution in [0.3, 0.4) is 0 Å². The number of methoxy groups -OCH3 is 1. The molecular formula is C9H8BrF2NO3. The Morgan fingerprint density at radius 2 is 2.25 bits per heavy atom. The van der Waals surface area contributed by atoms with Gasteiger partial charge in [-0.05, 0) is 0 Å². The lowest BCUT2D eigenvalue weighted by Crippen LogP contribution is -2.15. The molecule has 0 aromatic carbocycles. The molecule has 0 radical (unpaired) electrons. The summed E-state index contributed by atoms with van der Waals surface area (Å²) in [5, 5.41) is 0. The third-order valence-corrected chi connectivity index (χ3v) is 2.60. The van der Waals surface area contributed by atoms with Gasteiger partial charge in [-0.2, -0.15) is 0 Å². The zero-order valence-electron chi connectivity index (χ0n) is 8.22. The molecule has 1 heterocycles. The van der Waals surface area contributed by atoms with Gasteiger partial charge in [-0.3, -0.25) is 9.59 Å². The molecule has 1 aromatic heterocycles. The van der Waals surface area contributed by atoms with Gasteiger partial charge in [-0.25, -0.2) is 8.78 Å². The van der Waals surface area contributed by atoms with Crippen LogP contribution in [0.1, 0.15) is 17.7 Å². The number of nitrogens with one attached hydrogen (secondary N) is 1. The largest absolute Gasteiger partial charge is 0.469 e. The Bertz CT molecular complexity index is 459. The second-order valence-electron chi connectivity index (χ2n) is 2.93. The maximum Gasteiger partial charge on any atom is 0.310 e. The lowest BCUT2D eigenvalue weighted by Gasteiger charge is -2.09. The van der Waals surface area contributed by atoms with Gasteiger partial charge >= 0.3 is 5.97 Å². The van der Waals surface area contributed by atoms with Crippen molar-refractivity contribution in [1.29, 1.82) is 0 Å². The molecular weight excluding hydrogens is 288 g/mol. The van der Waals surface area contributed by atoms with E-state index < -0.39 is 23.6 Å². The van der Waals surface area contributed by atoms with Crippen LogP contribution in [0.2, 0.25) is 0 Å². The van der Waals surface area contributed by atoms with E-state index in [2.05, 4.69) is 20.7 Å². The van der Waals surface area contributed by atoms with Crippen LogP contribution in [0.25, 0.3) is 0 Å². The van der Waals surface area contributed by atoms with Crippen LogP contribution in [-0.4, -0.2) is 18.1 Å². The Labute approximate surface area is 97.7 Å². The summed E-state index contributed by atoms with van der Waals surface area (Å²) in [6.45, 7) is 0. The zero-order valence-corrected chi connectivity index (χ0v) is 9.81. The Kier molecular flexibility index (Phi) is 4.17. The molecule has 4 nitrogen and oxygen atoms in total. The van der Waals surface area contributed by atoms with Gasteiger partial charge in [-0.15, -0.1) is 0 Å². The van der Waals surface area contributed by atoms with E-state index >= 15 is 0 Å². The lowest BCUT2D eigenvalue weighted by molar-refractivity contribution is -0.139. The minimum Gasteiger partial charge on any atom is -0.469 e. The summed E-state index contributed by atoms with van der Waals surface area (Å²) in [7, 11) is 1.16. The molecule has 0 unspecified atom stereocenters. The number of H-pyrrole nitrogens is 1. The van der Waals surface area contributed by atoms with Crippen LogP contribution >= 0.6 is 15.9 Å². The van der Waals surface area contributed by atoms with E-state index in [0.29, 0.717) is 0 Å². The van der Waals surface area contributed by atoms with Gasteiger partial charge in [0, 0.05) is 16.1 Å². The van der Waals surface area contributed by atoms with Crippen LogP contribution in [0, 0.1) is 0 Å². The summed E-state index contributed by atoms with van der Waals surface area (Å²) in [5.41, 5.74) is -1.19. The van der Waals surface area contributed by atoms with Crippen molar-refractivity contribution in [2.75, 3.05) is 7.11 Å². The van der Waals surface area contributed by atoms with Gasteiger partial charge in [0.25, 0.3) is 6.43 Å². The Hall–Kier alpha value is -1.24. The molecule has 0 atom stereocenters. The van der Waals surface area contributed by atoms with Crippen LogP contribution in [0.5, 0.6) is 0 Å². The fourth-order valence-electron chi connectivity index (χ4n) is 1.16. The normalized spacial score (nSPS) is 10.6. The van der Waals surface area contributed by atoms with Crippen LogP contribution < -0.4 is 5.56 Å². The number of ether oxygens (including phenoxy) is 1. The molecule has 0 saturated heterocycles. The van der Waals surface area contributed by atoms with Crippen molar-refractivity contribution in [3.05, 3.63) is 32.2 Å². The van der Waals surface area contributed by atoms with Crippen LogP contribution in [-0.2, 0) is 16.0 Å². The SMILES string of the molecule is COC(=O)Cc1c(Br)cc(=O)[nH]c1C(F)F. The van der Waals surface area contributed by atoms with Crippen molar-refractivity contribution < 1.29 is 18.3 Å². The summed E-state index contributed by atoms with van der Waals surface area (Å²) in [5.74, 6) is -0.658. The molecule has 7 heteroatoms. The quantitative estimate of drug-likeness (QED) is 0.865. The first-order valence-corrected chi connectivity index (χ1v) is 5.01. The molecule has 0 aliphatic carbocycles. The first kappa shape index (κ1) is 12.8. The molecule has 1 aromatic rings. The van der Waals surface area contributed by atoms with Crippen LogP contribution in [0.4, 0.5) is 8.78 Å². The monoisotopic (exact) mass is 295 g/mol. The number of aromatic amines is 1. The van der Waals surface area contributed by atoms with Gasteiger partial charge in [0.05, 0.1) is 19.2 Å². The summed E-state index contributed by atoms with van der Waals surface area (Å²) in [6.07, 6.45) is -3.18. The number of rotatable bonds is 3. The highest BCUT2D eigenvalue weighted by atomic mass is 79.9. The molecule has 0 spiro atoms. The van der Waals surface area contributed by atoms with Gasteiger partial charge in [-0.1, -0.05) is 15.9 Å². The molecule has 0 saturated carbocycles. The predicted molar refractivity (Wildman–Crippen MR) is 55.4 cm³/mol. The minimum atomic E-state index is -2.86. The maximum atomic E-state index is 12.6. The van der Waals surface area contributed by atoms with E-state index in [-0.39, 0.29) is 16.5 Å². The highest BCUT2D eigenvalue weighted by Gasteiger charge is 2.19. The topological polar surface area (TPSA) is 59.2 Å². The Morgan fingerprint density at radius 3 is 2.75 bits per heavy atom. The second-order valence-corrected chi connectivity index (χ2v) is 3.78. The molecule has 0 bridgehead atoms. The number of alkyl halides is 2. The molecule has 1 N–H and O–H groups in total. The van der Waals surface area contributed by atoms with E-state index in [9.17, 15) is 18.4 Å². The number of carbonyl (C=O) groups is 1. The van der Waals surface area contributed by atoms with Crippen molar-refractivity contribution in [3.8, 4) is 0 Å². The van der Waals surface area contributed by atoms with E-state index in [0.717, 1.165) is 13.2 Å². The molecule has 16 heavy (non-hydrogen) atoms. The van der Waals surface area contributed by atoms with Crippen molar-refractivity contribution >= 4 is 21.9 Å². The first-order valence-electron chi connectivity index (χ1n) is 4.22. The highest BCUT2D eigenvalue weighted by Crippen LogP contribution is 2.25. The fraction of sp³-hybridized carbons (Fsp3) is 0.333. The molecule has 1 rings (SSSR count). The Morgan fingerprint density at radius 1 is 1.62 bits per heavy atom. The first-order chi connectivity index (χ1) is 7.45. The van der Waals surface area contributed by atoms with Crippen molar-refractivity contribution in [2.45, 2.75) is 12.8 Å². The number of aromatic nitrogens is 1. The lowest BCUT2D eigenvalue weighted by atomic mass is 10.1. The number of carbonyl (C=O) groups excluding carboxylic acids is 1. The summed E-state index contributed by atoms with van der Waals surface area (Å²) < 4.78 is 29.7. The second kappa shape index (κ2) is 5.20.